The van der Waals surface area contributed by atoms with Crippen molar-refractivity contribution in [2.24, 2.45) is 0 Å². The van der Waals surface area contributed by atoms with Crippen molar-refractivity contribution in [1.29, 1.82) is 0 Å². The van der Waals surface area contributed by atoms with E-state index in [4.69, 9.17) is 4.74 Å². The molecule has 0 amide bonds. The van der Waals surface area contributed by atoms with Gasteiger partial charge in [-0.2, -0.15) is 0 Å². The molecule has 0 aliphatic carbocycles. The molecule has 1 rings (SSSR count). The molecule has 2 nitrogen and oxygen atoms in total. The number of hydrogen-bond donors (Lipinski definition) is 0. The van der Waals surface area contributed by atoms with Crippen LogP contribution < -0.4 is 0 Å². The molecule has 0 bridgehead atoms. The molecule has 11 heavy (non-hydrogen) atoms. The Kier molecular flexibility index (Phi) is 2.50. The first-order valence-electron chi connectivity index (χ1n) is 3.93. The second-order valence-electron chi connectivity index (χ2n) is 3.64. The number of likely N-dealkylation sites (tertiary alicyclic amines) is 1. The topological polar surface area (TPSA) is 12.5 Å². The van der Waals surface area contributed by atoms with Crippen molar-refractivity contribution in [3.63, 3.8) is 0 Å². The van der Waals surface area contributed by atoms with Crippen molar-refractivity contribution in [2.75, 3.05) is 27.3 Å². The number of hydrogen-bond acceptors (Lipinski definition) is 2. The minimum absolute atomic E-state index is 0.259. The van der Waals surface area contributed by atoms with Crippen molar-refractivity contribution >= 4 is 0 Å². The maximum absolute atomic E-state index is 13.3. The third-order valence-corrected chi connectivity index (χ3v) is 2.22. The highest BCUT2D eigenvalue weighted by atomic mass is 19.1. The summed E-state index contributed by atoms with van der Waals surface area (Å²) in [6.45, 7) is 2.82. The molecule has 1 heterocycles. The Hall–Kier alpha value is -0.150. The maximum Gasteiger partial charge on any atom is 0.122 e. The van der Waals surface area contributed by atoms with Crippen LogP contribution in [0.15, 0.2) is 0 Å². The molecule has 1 unspecified atom stereocenters. The van der Waals surface area contributed by atoms with Gasteiger partial charge in [0.2, 0.25) is 0 Å². The summed E-state index contributed by atoms with van der Waals surface area (Å²) >= 11 is 0. The molecule has 1 saturated heterocycles. The van der Waals surface area contributed by atoms with Crippen LogP contribution in [-0.4, -0.2) is 43.9 Å². The van der Waals surface area contributed by atoms with Crippen LogP contribution in [0, 0.1) is 0 Å². The van der Waals surface area contributed by atoms with Crippen molar-refractivity contribution in [3.8, 4) is 0 Å². The van der Waals surface area contributed by atoms with Gasteiger partial charge < -0.3 is 4.74 Å². The zero-order valence-electron chi connectivity index (χ0n) is 7.43. The smallest absolute Gasteiger partial charge is 0.122 e. The summed E-state index contributed by atoms with van der Waals surface area (Å²) in [5.41, 5.74) is -1.02. The SMILES string of the molecule is COC[C@@H]1CC(C)(F)CN1C. The highest BCUT2D eigenvalue weighted by Crippen LogP contribution is 2.28. The van der Waals surface area contributed by atoms with E-state index in [1.807, 2.05) is 11.9 Å². The van der Waals surface area contributed by atoms with Crippen LogP contribution in [-0.2, 0) is 4.74 Å². The second kappa shape index (κ2) is 3.07. The van der Waals surface area contributed by atoms with Crippen LogP contribution in [0.5, 0.6) is 0 Å². The van der Waals surface area contributed by atoms with Gasteiger partial charge in [0.15, 0.2) is 0 Å². The summed E-state index contributed by atoms with van der Waals surface area (Å²) in [6, 6.07) is 0.259. The van der Waals surface area contributed by atoms with Gasteiger partial charge in [0.25, 0.3) is 0 Å². The zero-order valence-corrected chi connectivity index (χ0v) is 7.43. The molecule has 0 N–H and O–H groups in total. The van der Waals surface area contributed by atoms with Crippen molar-refractivity contribution in [1.82, 2.24) is 4.90 Å². The molecule has 0 aromatic heterocycles. The quantitative estimate of drug-likeness (QED) is 0.600. The van der Waals surface area contributed by atoms with Gasteiger partial charge in [-0.3, -0.25) is 4.90 Å². The van der Waals surface area contributed by atoms with E-state index in [-0.39, 0.29) is 6.04 Å². The van der Waals surface area contributed by atoms with Gasteiger partial charge in [0, 0.05) is 26.1 Å². The third-order valence-electron chi connectivity index (χ3n) is 2.22. The van der Waals surface area contributed by atoms with Gasteiger partial charge in [-0.25, -0.2) is 4.39 Å². The Bertz CT molecular complexity index is 138. The molecule has 1 fully saturated rings. The van der Waals surface area contributed by atoms with Gasteiger partial charge in [0.1, 0.15) is 5.67 Å². The van der Waals surface area contributed by atoms with Crippen LogP contribution in [0.4, 0.5) is 4.39 Å². The number of rotatable bonds is 2. The molecule has 0 saturated carbocycles. The average molecular weight is 161 g/mol. The van der Waals surface area contributed by atoms with Gasteiger partial charge in [0.05, 0.1) is 6.61 Å². The van der Waals surface area contributed by atoms with Crippen LogP contribution in [0.1, 0.15) is 13.3 Å². The first-order valence-corrected chi connectivity index (χ1v) is 3.93. The Labute approximate surface area is 67.3 Å². The van der Waals surface area contributed by atoms with E-state index in [1.54, 1.807) is 14.0 Å². The minimum atomic E-state index is -1.02. The van der Waals surface area contributed by atoms with E-state index in [9.17, 15) is 4.39 Å². The lowest BCUT2D eigenvalue weighted by Crippen LogP contribution is -2.29. The number of ether oxygens (including phenoxy) is 1. The van der Waals surface area contributed by atoms with Crippen LogP contribution in [0.3, 0.4) is 0 Å². The lowest BCUT2D eigenvalue weighted by atomic mass is 10.1. The Morgan fingerprint density at radius 1 is 1.73 bits per heavy atom. The standard InChI is InChI=1S/C8H16FNO/c1-8(9)4-7(5-11-3)10(2)6-8/h7H,4-6H2,1-3H3/t7-,8?/m0/s1. The van der Waals surface area contributed by atoms with Crippen molar-refractivity contribution in [2.45, 2.75) is 25.1 Å². The largest absolute Gasteiger partial charge is 0.383 e. The van der Waals surface area contributed by atoms with E-state index < -0.39 is 5.67 Å². The van der Waals surface area contributed by atoms with E-state index in [0.29, 0.717) is 19.6 Å². The first-order chi connectivity index (χ1) is 5.05. The molecule has 1 aliphatic heterocycles. The van der Waals surface area contributed by atoms with Crippen molar-refractivity contribution in [3.05, 3.63) is 0 Å². The average Bonchev–Trinajstić information content (AvgIpc) is 2.07. The summed E-state index contributed by atoms with van der Waals surface area (Å²) in [5.74, 6) is 0. The van der Waals surface area contributed by atoms with Gasteiger partial charge in [-0.05, 0) is 14.0 Å². The molecule has 3 heteroatoms. The normalized spacial score (nSPS) is 39.8. The van der Waals surface area contributed by atoms with E-state index in [1.165, 1.54) is 0 Å². The minimum Gasteiger partial charge on any atom is -0.383 e. The van der Waals surface area contributed by atoms with Gasteiger partial charge >= 0.3 is 0 Å². The first kappa shape index (κ1) is 8.94. The molecule has 0 spiro atoms. The predicted molar refractivity (Wildman–Crippen MR) is 42.4 cm³/mol. The molecule has 2 atom stereocenters. The summed E-state index contributed by atoms with van der Waals surface area (Å²) in [5, 5.41) is 0. The summed E-state index contributed by atoms with van der Waals surface area (Å²) in [7, 11) is 3.59. The maximum atomic E-state index is 13.3. The monoisotopic (exact) mass is 161 g/mol. The summed E-state index contributed by atoms with van der Waals surface area (Å²) in [4.78, 5) is 2.02. The number of methoxy groups -OCH3 is 1. The number of alkyl halides is 1. The highest BCUT2D eigenvalue weighted by molar-refractivity contribution is 4.92. The fourth-order valence-electron chi connectivity index (χ4n) is 1.74. The number of halogens is 1. The lowest BCUT2D eigenvalue weighted by molar-refractivity contribution is 0.129. The Morgan fingerprint density at radius 3 is 2.73 bits per heavy atom. The van der Waals surface area contributed by atoms with Crippen LogP contribution in [0.2, 0.25) is 0 Å². The van der Waals surface area contributed by atoms with E-state index >= 15 is 0 Å². The highest BCUT2D eigenvalue weighted by Gasteiger charge is 2.38. The Morgan fingerprint density at radius 2 is 2.36 bits per heavy atom. The molecular formula is C8H16FNO. The molecular weight excluding hydrogens is 145 g/mol. The fourth-order valence-corrected chi connectivity index (χ4v) is 1.74. The molecule has 0 radical (unpaired) electrons. The molecule has 66 valence electrons. The van der Waals surface area contributed by atoms with Gasteiger partial charge in [-0.1, -0.05) is 0 Å². The van der Waals surface area contributed by atoms with Crippen molar-refractivity contribution < 1.29 is 9.13 Å². The zero-order chi connectivity index (χ0) is 8.48. The van der Waals surface area contributed by atoms with Crippen LogP contribution >= 0.6 is 0 Å². The molecule has 0 aromatic rings. The molecule has 0 aromatic carbocycles. The lowest BCUT2D eigenvalue weighted by Gasteiger charge is -2.16. The molecule has 1 aliphatic rings. The van der Waals surface area contributed by atoms with Crippen LogP contribution in [0.25, 0.3) is 0 Å². The third kappa shape index (κ3) is 2.14. The number of likely N-dealkylation sites (N-methyl/N-ethyl adjacent to an activating group) is 1. The predicted octanol–water partition coefficient (Wildman–Crippen LogP) is 1.07. The summed E-state index contributed by atoms with van der Waals surface area (Å²) < 4.78 is 18.3. The Balaban J connectivity index is 2.45. The van der Waals surface area contributed by atoms with E-state index in [0.717, 1.165) is 0 Å². The number of nitrogens with zero attached hydrogens (tertiary/aromatic N) is 1. The second-order valence-corrected chi connectivity index (χ2v) is 3.64. The van der Waals surface area contributed by atoms with Gasteiger partial charge in [-0.15, -0.1) is 0 Å². The fraction of sp³-hybridized carbons (Fsp3) is 1.00. The summed E-state index contributed by atoms with van der Waals surface area (Å²) in [6.07, 6.45) is 0.595. The van der Waals surface area contributed by atoms with E-state index in [2.05, 4.69) is 0 Å².